The highest BCUT2D eigenvalue weighted by Gasteiger charge is 2.25. The number of nitrogens with zero attached hydrogens (tertiary/aromatic N) is 2. The van der Waals surface area contributed by atoms with Crippen molar-refractivity contribution in [2.75, 3.05) is 44.2 Å². The number of allylic oxidation sites excluding steroid dienone is 1. The minimum Gasteiger partial charge on any atom is -0.389 e. The first kappa shape index (κ1) is 17.7. The van der Waals surface area contributed by atoms with Crippen LogP contribution in [0.5, 0.6) is 0 Å². The van der Waals surface area contributed by atoms with Crippen molar-refractivity contribution in [1.29, 1.82) is 0 Å². The van der Waals surface area contributed by atoms with E-state index in [-0.39, 0.29) is 11.6 Å². The summed E-state index contributed by atoms with van der Waals surface area (Å²) in [5, 5.41) is 3.27. The molecule has 5 heteroatoms. The summed E-state index contributed by atoms with van der Waals surface area (Å²) in [6.45, 7) is 5.89. The number of carbonyl (C=O) groups excluding carboxylic acids is 1. The van der Waals surface area contributed by atoms with Crippen LogP contribution in [0.15, 0.2) is 60.3 Å². The Bertz CT molecular complexity index is 842. The molecular weight excluding hydrogens is 341 g/mol. The van der Waals surface area contributed by atoms with Gasteiger partial charge in [-0.2, -0.15) is 0 Å². The highest BCUT2D eigenvalue weighted by Crippen LogP contribution is 2.26. The third kappa shape index (κ3) is 4.03. The minimum atomic E-state index is -0.287. The van der Waals surface area contributed by atoms with Gasteiger partial charge in [0.05, 0.1) is 0 Å². The van der Waals surface area contributed by atoms with Crippen molar-refractivity contribution in [2.45, 2.75) is 6.42 Å². The van der Waals surface area contributed by atoms with Gasteiger partial charge >= 0.3 is 0 Å². The molecule has 1 fully saturated rings. The number of nitrogens with one attached hydrogen (secondary N) is 1. The van der Waals surface area contributed by atoms with E-state index in [1.165, 1.54) is 17.8 Å². The summed E-state index contributed by atoms with van der Waals surface area (Å²) >= 11 is 0. The van der Waals surface area contributed by atoms with E-state index in [0.29, 0.717) is 17.6 Å². The first-order valence-electron chi connectivity index (χ1n) is 9.48. The lowest BCUT2D eigenvalue weighted by Gasteiger charge is -2.36. The molecule has 140 valence electrons. The number of para-hydroxylation sites is 1. The average Bonchev–Trinajstić information content (AvgIpc) is 3.01. The summed E-state index contributed by atoms with van der Waals surface area (Å²) in [7, 11) is 0. The van der Waals surface area contributed by atoms with Gasteiger partial charge in [0.15, 0.2) is 5.78 Å². The molecule has 0 radical (unpaired) electrons. The largest absolute Gasteiger partial charge is 0.389 e. The lowest BCUT2D eigenvalue weighted by Crippen LogP contribution is -2.47. The summed E-state index contributed by atoms with van der Waals surface area (Å²) in [6.07, 6.45) is 2.31. The number of anilines is 1. The standard InChI is InChI=1S/C22H24FN3O/c23-19-6-7-21-17(15-19)14-18(22(21)27)16-24-8-9-25-10-12-26(13-11-25)20-4-2-1-3-5-20/h1-7,15-16,24H,8-14H2. The Hall–Kier alpha value is -2.66. The van der Waals surface area contributed by atoms with Gasteiger partial charge in [0.25, 0.3) is 0 Å². The maximum absolute atomic E-state index is 13.3. The number of piperazine rings is 1. The molecule has 0 aromatic heterocycles. The molecule has 2 aliphatic rings. The number of rotatable bonds is 5. The van der Waals surface area contributed by atoms with Crippen LogP contribution in [0.3, 0.4) is 0 Å². The molecule has 1 N–H and O–H groups in total. The summed E-state index contributed by atoms with van der Waals surface area (Å²) < 4.78 is 13.3. The van der Waals surface area contributed by atoms with E-state index in [1.807, 2.05) is 6.07 Å². The molecule has 27 heavy (non-hydrogen) atoms. The zero-order valence-electron chi connectivity index (χ0n) is 15.3. The summed E-state index contributed by atoms with van der Waals surface area (Å²) in [5.41, 5.74) is 3.41. The summed E-state index contributed by atoms with van der Waals surface area (Å²) in [4.78, 5) is 17.2. The van der Waals surface area contributed by atoms with Crippen LogP contribution in [0.4, 0.5) is 10.1 Å². The molecule has 1 aliphatic heterocycles. The Balaban J connectivity index is 1.22. The predicted octanol–water partition coefficient (Wildman–Crippen LogP) is 2.86. The lowest BCUT2D eigenvalue weighted by atomic mass is 10.1. The Morgan fingerprint density at radius 1 is 1.04 bits per heavy atom. The number of benzene rings is 2. The van der Waals surface area contributed by atoms with Crippen molar-refractivity contribution in [1.82, 2.24) is 10.2 Å². The second-order valence-electron chi connectivity index (χ2n) is 7.10. The Labute approximate surface area is 159 Å². The van der Waals surface area contributed by atoms with Crippen molar-refractivity contribution in [3.63, 3.8) is 0 Å². The number of ketones is 1. The number of fused-ring (bicyclic) bond motifs is 1. The van der Waals surface area contributed by atoms with Crippen molar-refractivity contribution in [3.8, 4) is 0 Å². The fraction of sp³-hybridized carbons (Fsp3) is 0.318. The number of hydrogen-bond donors (Lipinski definition) is 1. The number of carbonyl (C=O) groups is 1. The minimum absolute atomic E-state index is 0.00831. The second kappa shape index (κ2) is 7.92. The van der Waals surface area contributed by atoms with Crippen LogP contribution < -0.4 is 10.2 Å². The van der Waals surface area contributed by atoms with Crippen molar-refractivity contribution in [2.24, 2.45) is 0 Å². The van der Waals surface area contributed by atoms with Crippen LogP contribution in [0, 0.1) is 5.82 Å². The van der Waals surface area contributed by atoms with Crippen molar-refractivity contribution < 1.29 is 9.18 Å². The van der Waals surface area contributed by atoms with Gasteiger partial charge in [0, 0.05) is 68.7 Å². The van der Waals surface area contributed by atoms with Gasteiger partial charge in [0.2, 0.25) is 0 Å². The monoisotopic (exact) mass is 365 g/mol. The van der Waals surface area contributed by atoms with Crippen LogP contribution >= 0.6 is 0 Å². The maximum atomic E-state index is 13.3. The van der Waals surface area contributed by atoms with Gasteiger partial charge in [-0.3, -0.25) is 9.69 Å². The first-order chi connectivity index (χ1) is 13.2. The van der Waals surface area contributed by atoms with Gasteiger partial charge < -0.3 is 10.2 Å². The molecule has 1 aliphatic carbocycles. The summed E-state index contributed by atoms with van der Waals surface area (Å²) in [6, 6.07) is 14.9. The van der Waals surface area contributed by atoms with E-state index in [9.17, 15) is 9.18 Å². The van der Waals surface area contributed by atoms with Crippen molar-refractivity contribution in [3.05, 3.63) is 77.2 Å². The van der Waals surface area contributed by atoms with E-state index in [4.69, 9.17) is 0 Å². The van der Waals surface area contributed by atoms with E-state index in [1.54, 1.807) is 12.3 Å². The smallest absolute Gasteiger partial charge is 0.191 e. The second-order valence-corrected chi connectivity index (χ2v) is 7.10. The van der Waals surface area contributed by atoms with Crippen LogP contribution in [-0.2, 0) is 6.42 Å². The van der Waals surface area contributed by atoms with Crippen LogP contribution in [0.1, 0.15) is 15.9 Å². The topological polar surface area (TPSA) is 35.6 Å². The van der Waals surface area contributed by atoms with Gasteiger partial charge in [-0.25, -0.2) is 4.39 Å². The molecular formula is C22H24FN3O. The molecule has 0 amide bonds. The molecule has 2 aromatic carbocycles. The molecule has 0 spiro atoms. The van der Waals surface area contributed by atoms with Crippen LogP contribution in [0.25, 0.3) is 0 Å². The zero-order valence-corrected chi connectivity index (χ0v) is 15.3. The molecule has 0 saturated carbocycles. The average molecular weight is 365 g/mol. The van der Waals surface area contributed by atoms with Crippen molar-refractivity contribution >= 4 is 11.5 Å². The van der Waals surface area contributed by atoms with Crippen LogP contribution in [-0.4, -0.2) is 50.0 Å². The number of hydrogen-bond acceptors (Lipinski definition) is 4. The zero-order chi connectivity index (χ0) is 18.6. The van der Waals surface area contributed by atoms with E-state index in [2.05, 4.69) is 39.4 Å². The molecule has 0 atom stereocenters. The third-order valence-electron chi connectivity index (χ3n) is 5.33. The Kier molecular flexibility index (Phi) is 5.21. The maximum Gasteiger partial charge on any atom is 0.191 e. The van der Waals surface area contributed by atoms with Gasteiger partial charge in [-0.15, -0.1) is 0 Å². The normalized spacial score (nSPS) is 18.8. The fourth-order valence-corrected chi connectivity index (χ4v) is 3.79. The first-order valence-corrected chi connectivity index (χ1v) is 9.48. The Morgan fingerprint density at radius 3 is 2.59 bits per heavy atom. The summed E-state index contributed by atoms with van der Waals surface area (Å²) in [5.74, 6) is -0.278. The van der Waals surface area contributed by atoms with Crippen LogP contribution in [0.2, 0.25) is 0 Å². The lowest BCUT2D eigenvalue weighted by molar-refractivity contribution is 0.103. The predicted molar refractivity (Wildman–Crippen MR) is 106 cm³/mol. The fourth-order valence-electron chi connectivity index (χ4n) is 3.79. The highest BCUT2D eigenvalue weighted by molar-refractivity contribution is 6.13. The molecule has 4 rings (SSSR count). The van der Waals surface area contributed by atoms with Gasteiger partial charge in [0.1, 0.15) is 5.82 Å². The van der Waals surface area contributed by atoms with E-state index >= 15 is 0 Å². The molecule has 0 unspecified atom stereocenters. The third-order valence-corrected chi connectivity index (χ3v) is 5.33. The molecule has 1 saturated heterocycles. The molecule has 1 heterocycles. The van der Waals surface area contributed by atoms with Gasteiger partial charge in [-0.1, -0.05) is 18.2 Å². The highest BCUT2D eigenvalue weighted by atomic mass is 19.1. The Morgan fingerprint density at radius 2 is 1.81 bits per heavy atom. The van der Waals surface area contributed by atoms with E-state index in [0.717, 1.165) is 44.8 Å². The number of halogens is 1. The molecule has 2 aromatic rings. The SMILES string of the molecule is O=C1C(=CNCCN2CCN(c3ccccc3)CC2)Cc2cc(F)ccc21. The quantitative estimate of drug-likeness (QED) is 0.653. The van der Waals surface area contributed by atoms with Gasteiger partial charge in [-0.05, 0) is 35.9 Å². The number of Topliss-reactive ketones (excluding diaryl/α,β-unsaturated/α-hetero) is 1. The molecule has 0 bridgehead atoms. The molecule has 4 nitrogen and oxygen atoms in total. The van der Waals surface area contributed by atoms with E-state index < -0.39 is 0 Å².